The second-order valence-electron chi connectivity index (χ2n) is 3.84. The molecule has 0 atom stereocenters. The predicted octanol–water partition coefficient (Wildman–Crippen LogP) is 4.10. The van der Waals surface area contributed by atoms with E-state index in [1.807, 2.05) is 30.5 Å². The number of benzene rings is 1. The third-order valence-electron chi connectivity index (χ3n) is 2.60. The van der Waals surface area contributed by atoms with Crippen LogP contribution in [0.1, 0.15) is 12.8 Å². The van der Waals surface area contributed by atoms with Crippen molar-refractivity contribution in [2.24, 2.45) is 10.2 Å². The van der Waals surface area contributed by atoms with Gasteiger partial charge in [-0.05, 0) is 31.0 Å². The number of azo groups is 1. The van der Waals surface area contributed by atoms with Crippen LogP contribution in [0.15, 0.2) is 50.9 Å². The van der Waals surface area contributed by atoms with Crippen LogP contribution in [0.2, 0.25) is 0 Å². The Morgan fingerprint density at radius 1 is 1.44 bits per heavy atom. The minimum atomic E-state index is 0.867. The zero-order valence-electron chi connectivity index (χ0n) is 9.23. The van der Waals surface area contributed by atoms with Gasteiger partial charge in [-0.2, -0.15) is 10.2 Å². The highest BCUT2D eigenvalue weighted by atomic mass is 79.9. The average molecular weight is 280 g/mol. The lowest BCUT2D eigenvalue weighted by Gasteiger charge is -2.10. The molecule has 0 N–H and O–H groups in total. The van der Waals surface area contributed by atoms with Gasteiger partial charge < -0.3 is 4.90 Å². The van der Waals surface area contributed by atoms with Gasteiger partial charge in [0.1, 0.15) is 0 Å². The van der Waals surface area contributed by atoms with Crippen molar-refractivity contribution in [1.29, 1.82) is 0 Å². The molecule has 1 aliphatic rings. The standard InChI is InChI=1S/C12H14BrN3/c1-16-7-3-6-12(16)9-14-15-11-5-2-4-10(13)8-11/h2,4-5,8-9H,3,6-7H2,1H3/b12-9+,15-14?. The molecule has 0 bridgehead atoms. The smallest absolute Gasteiger partial charge is 0.0868 e. The molecule has 0 spiro atoms. The summed E-state index contributed by atoms with van der Waals surface area (Å²) in [7, 11) is 2.09. The molecule has 1 aromatic carbocycles. The lowest BCUT2D eigenvalue weighted by molar-refractivity contribution is 0.479. The van der Waals surface area contributed by atoms with Crippen molar-refractivity contribution in [2.45, 2.75) is 12.8 Å². The first-order valence-electron chi connectivity index (χ1n) is 5.32. The fraction of sp³-hybridized carbons (Fsp3) is 0.333. The molecule has 16 heavy (non-hydrogen) atoms. The van der Waals surface area contributed by atoms with Crippen LogP contribution < -0.4 is 0 Å². The second kappa shape index (κ2) is 5.25. The van der Waals surface area contributed by atoms with Gasteiger partial charge in [0, 0.05) is 23.8 Å². The highest BCUT2D eigenvalue weighted by Gasteiger charge is 2.11. The number of likely N-dealkylation sites (tertiary alicyclic amines) is 1. The van der Waals surface area contributed by atoms with Crippen molar-refractivity contribution in [1.82, 2.24) is 4.90 Å². The molecule has 2 rings (SSSR count). The van der Waals surface area contributed by atoms with E-state index < -0.39 is 0 Å². The fourth-order valence-corrected chi connectivity index (χ4v) is 2.08. The zero-order chi connectivity index (χ0) is 11.4. The van der Waals surface area contributed by atoms with E-state index in [2.05, 4.69) is 38.1 Å². The summed E-state index contributed by atoms with van der Waals surface area (Å²) in [5.74, 6) is 0. The van der Waals surface area contributed by atoms with Gasteiger partial charge in [0.25, 0.3) is 0 Å². The van der Waals surface area contributed by atoms with Gasteiger partial charge in [-0.25, -0.2) is 0 Å². The number of hydrogen-bond acceptors (Lipinski definition) is 3. The van der Waals surface area contributed by atoms with Crippen LogP contribution in [-0.2, 0) is 0 Å². The fourth-order valence-electron chi connectivity index (χ4n) is 1.70. The van der Waals surface area contributed by atoms with Crippen molar-refractivity contribution in [3.05, 3.63) is 40.6 Å². The van der Waals surface area contributed by atoms with Gasteiger partial charge in [0.15, 0.2) is 0 Å². The van der Waals surface area contributed by atoms with E-state index in [-0.39, 0.29) is 0 Å². The summed E-state index contributed by atoms with van der Waals surface area (Å²) in [4.78, 5) is 2.22. The van der Waals surface area contributed by atoms with E-state index in [0.717, 1.165) is 23.1 Å². The molecular weight excluding hydrogens is 266 g/mol. The van der Waals surface area contributed by atoms with Crippen LogP contribution >= 0.6 is 15.9 Å². The third-order valence-corrected chi connectivity index (χ3v) is 3.10. The third kappa shape index (κ3) is 2.92. The molecule has 0 aromatic heterocycles. The summed E-state index contributed by atoms with van der Waals surface area (Å²) >= 11 is 3.40. The molecule has 84 valence electrons. The highest BCUT2D eigenvalue weighted by Crippen LogP contribution is 2.21. The molecule has 3 nitrogen and oxygen atoms in total. The Kier molecular flexibility index (Phi) is 3.72. The normalized spacial score (nSPS) is 18.9. The Balaban J connectivity index is 2.04. The maximum absolute atomic E-state index is 4.16. The lowest BCUT2D eigenvalue weighted by Crippen LogP contribution is -2.09. The number of halogens is 1. The van der Waals surface area contributed by atoms with Crippen molar-refractivity contribution in [3.63, 3.8) is 0 Å². The van der Waals surface area contributed by atoms with Crippen LogP contribution in [0.25, 0.3) is 0 Å². The van der Waals surface area contributed by atoms with Gasteiger partial charge in [-0.3, -0.25) is 0 Å². The molecule has 1 aromatic rings. The molecular formula is C12H14BrN3. The van der Waals surface area contributed by atoms with Crippen LogP contribution in [0.5, 0.6) is 0 Å². The zero-order valence-corrected chi connectivity index (χ0v) is 10.8. The van der Waals surface area contributed by atoms with Gasteiger partial charge in [-0.15, -0.1) is 0 Å². The summed E-state index contributed by atoms with van der Waals surface area (Å²) in [6.45, 7) is 1.12. The Bertz CT molecular complexity index is 426. The molecule has 1 fully saturated rings. The SMILES string of the molecule is CN1CCC/C1=C\N=Nc1cccc(Br)c1. The van der Waals surface area contributed by atoms with E-state index in [1.165, 1.54) is 12.1 Å². The average Bonchev–Trinajstić information content (AvgIpc) is 2.65. The van der Waals surface area contributed by atoms with Crippen LogP contribution in [-0.4, -0.2) is 18.5 Å². The van der Waals surface area contributed by atoms with E-state index in [9.17, 15) is 0 Å². The molecule has 1 aliphatic heterocycles. The quantitative estimate of drug-likeness (QED) is 0.749. The maximum Gasteiger partial charge on any atom is 0.0868 e. The summed E-state index contributed by atoms with van der Waals surface area (Å²) in [5.41, 5.74) is 2.13. The Labute approximate surface area is 104 Å². The van der Waals surface area contributed by atoms with Crippen LogP contribution in [0, 0.1) is 0 Å². The predicted molar refractivity (Wildman–Crippen MR) is 68.6 cm³/mol. The topological polar surface area (TPSA) is 28.0 Å². The van der Waals surface area contributed by atoms with Crippen molar-refractivity contribution in [3.8, 4) is 0 Å². The molecule has 1 heterocycles. The van der Waals surface area contributed by atoms with E-state index in [0.29, 0.717) is 0 Å². The first-order chi connectivity index (χ1) is 7.75. The molecule has 0 amide bonds. The highest BCUT2D eigenvalue weighted by molar-refractivity contribution is 9.10. The van der Waals surface area contributed by atoms with E-state index in [4.69, 9.17) is 0 Å². The van der Waals surface area contributed by atoms with Gasteiger partial charge in [-0.1, -0.05) is 22.0 Å². The Morgan fingerprint density at radius 2 is 2.31 bits per heavy atom. The first-order valence-corrected chi connectivity index (χ1v) is 6.11. The number of rotatable bonds is 2. The van der Waals surface area contributed by atoms with Crippen LogP contribution in [0.4, 0.5) is 5.69 Å². The van der Waals surface area contributed by atoms with Gasteiger partial charge in [0.2, 0.25) is 0 Å². The summed E-state index contributed by atoms with van der Waals surface area (Å²) in [6, 6.07) is 7.81. The molecule has 4 heteroatoms. The molecule has 0 radical (unpaired) electrons. The lowest BCUT2D eigenvalue weighted by atomic mass is 10.3. The minimum absolute atomic E-state index is 0.867. The summed E-state index contributed by atoms with van der Waals surface area (Å²) in [6.07, 6.45) is 4.18. The van der Waals surface area contributed by atoms with E-state index >= 15 is 0 Å². The Hall–Kier alpha value is -1.16. The summed E-state index contributed by atoms with van der Waals surface area (Å²) < 4.78 is 1.02. The number of nitrogens with zero attached hydrogens (tertiary/aromatic N) is 3. The number of allylic oxidation sites excluding steroid dienone is 1. The van der Waals surface area contributed by atoms with Crippen molar-refractivity contribution < 1.29 is 0 Å². The second-order valence-corrected chi connectivity index (χ2v) is 4.76. The van der Waals surface area contributed by atoms with Gasteiger partial charge >= 0.3 is 0 Å². The molecule has 0 aliphatic carbocycles. The minimum Gasteiger partial charge on any atom is -0.377 e. The van der Waals surface area contributed by atoms with E-state index in [1.54, 1.807) is 0 Å². The maximum atomic E-state index is 4.16. The first kappa shape index (κ1) is 11.3. The monoisotopic (exact) mass is 279 g/mol. The molecule has 0 unspecified atom stereocenters. The summed E-state index contributed by atoms with van der Waals surface area (Å²) in [5, 5.41) is 8.27. The Morgan fingerprint density at radius 3 is 3.00 bits per heavy atom. The van der Waals surface area contributed by atoms with Crippen molar-refractivity contribution in [2.75, 3.05) is 13.6 Å². The van der Waals surface area contributed by atoms with Crippen molar-refractivity contribution >= 4 is 21.6 Å². The molecule has 1 saturated heterocycles. The molecule has 0 saturated carbocycles. The van der Waals surface area contributed by atoms with Gasteiger partial charge in [0.05, 0.1) is 11.9 Å². The van der Waals surface area contributed by atoms with Crippen LogP contribution in [0.3, 0.4) is 0 Å². The number of hydrogen-bond donors (Lipinski definition) is 0. The largest absolute Gasteiger partial charge is 0.377 e.